The van der Waals surface area contributed by atoms with Crippen LogP contribution in [0.25, 0.3) is 0 Å². The molecule has 1 aromatic rings. The molecule has 0 spiro atoms. The fourth-order valence-corrected chi connectivity index (χ4v) is 1.75. The van der Waals surface area contributed by atoms with E-state index in [0.717, 1.165) is 3.57 Å². The zero-order valence-electron chi connectivity index (χ0n) is 11.3. The molecule has 0 fully saturated rings. The van der Waals surface area contributed by atoms with Crippen LogP contribution in [0.1, 0.15) is 33.4 Å². The van der Waals surface area contributed by atoms with Gasteiger partial charge in [-0.3, -0.25) is 14.6 Å². The van der Waals surface area contributed by atoms with Gasteiger partial charge >= 0.3 is 11.9 Å². The summed E-state index contributed by atoms with van der Waals surface area (Å²) in [5.41, 5.74) is -0.150. The summed E-state index contributed by atoms with van der Waals surface area (Å²) in [5.74, 6) is -0.423. The van der Waals surface area contributed by atoms with Gasteiger partial charge in [0.25, 0.3) is 0 Å². The Kier molecular flexibility index (Phi) is 5.28. The highest BCUT2D eigenvalue weighted by molar-refractivity contribution is 14.1. The van der Waals surface area contributed by atoms with Gasteiger partial charge < -0.3 is 9.47 Å². The van der Waals surface area contributed by atoms with E-state index in [1.165, 1.54) is 6.92 Å². The molecule has 0 aliphatic rings. The van der Waals surface area contributed by atoms with Crippen LogP contribution in [0.3, 0.4) is 0 Å². The molecular weight excluding hydrogens is 361 g/mol. The van der Waals surface area contributed by atoms with E-state index in [4.69, 9.17) is 9.47 Å². The summed E-state index contributed by atoms with van der Waals surface area (Å²) in [6.07, 6.45) is 1.58. The van der Waals surface area contributed by atoms with Gasteiger partial charge in [0, 0.05) is 13.1 Å². The number of rotatable bonds is 3. The average Bonchev–Trinajstić information content (AvgIpc) is 2.27. The number of pyridine rings is 1. The normalized spacial score (nSPS) is 11.0. The Bertz CT molecular complexity index is 494. The molecule has 0 atom stereocenters. The van der Waals surface area contributed by atoms with Crippen molar-refractivity contribution in [1.82, 2.24) is 4.98 Å². The van der Waals surface area contributed by atoms with Crippen molar-refractivity contribution >= 4 is 34.5 Å². The van der Waals surface area contributed by atoms with Gasteiger partial charge in [0.1, 0.15) is 12.3 Å². The molecule has 0 amide bonds. The molecule has 104 valence electrons. The first-order valence-electron chi connectivity index (χ1n) is 5.71. The molecule has 0 aliphatic carbocycles. The predicted octanol–water partition coefficient (Wildman–Crippen LogP) is 2.70. The Balaban J connectivity index is 2.87. The second-order valence-electron chi connectivity index (χ2n) is 4.99. The minimum atomic E-state index is -0.580. The smallest absolute Gasteiger partial charge is 0.311 e. The van der Waals surface area contributed by atoms with Gasteiger partial charge in [-0.2, -0.15) is 0 Å². The molecule has 19 heavy (non-hydrogen) atoms. The number of carbonyl (C=O) groups excluding carboxylic acids is 2. The van der Waals surface area contributed by atoms with Crippen molar-refractivity contribution < 1.29 is 19.1 Å². The van der Waals surface area contributed by atoms with Gasteiger partial charge in [-0.05, 0) is 49.4 Å². The minimum absolute atomic E-state index is 0.0183. The quantitative estimate of drug-likeness (QED) is 0.599. The monoisotopic (exact) mass is 377 g/mol. The molecule has 0 bridgehead atoms. The van der Waals surface area contributed by atoms with Crippen LogP contribution in [0.2, 0.25) is 0 Å². The fourth-order valence-electron chi connectivity index (χ4n) is 1.17. The lowest BCUT2D eigenvalue weighted by Crippen LogP contribution is -2.23. The number of nitrogens with zero attached hydrogens (tertiary/aromatic N) is 1. The van der Waals surface area contributed by atoms with Crippen LogP contribution >= 0.6 is 22.6 Å². The molecular formula is C13H16INO4. The van der Waals surface area contributed by atoms with Crippen LogP contribution in [-0.4, -0.2) is 16.9 Å². The van der Waals surface area contributed by atoms with Crippen molar-refractivity contribution in [2.75, 3.05) is 0 Å². The van der Waals surface area contributed by atoms with Crippen LogP contribution < -0.4 is 4.74 Å². The molecule has 5 nitrogen and oxygen atoms in total. The molecule has 0 saturated carbocycles. The van der Waals surface area contributed by atoms with Crippen molar-refractivity contribution in [2.45, 2.75) is 34.3 Å². The number of hydrogen-bond acceptors (Lipinski definition) is 5. The van der Waals surface area contributed by atoms with E-state index in [1.807, 2.05) is 22.6 Å². The van der Waals surface area contributed by atoms with Crippen LogP contribution in [0, 0.1) is 8.99 Å². The van der Waals surface area contributed by atoms with E-state index in [9.17, 15) is 9.59 Å². The van der Waals surface area contributed by atoms with Crippen molar-refractivity contribution in [1.29, 1.82) is 0 Å². The summed E-state index contributed by atoms with van der Waals surface area (Å²) >= 11 is 2.03. The van der Waals surface area contributed by atoms with E-state index in [-0.39, 0.29) is 12.6 Å². The second-order valence-corrected chi connectivity index (χ2v) is 6.15. The molecule has 0 N–H and O–H groups in total. The third-order valence-corrected chi connectivity index (χ3v) is 2.98. The van der Waals surface area contributed by atoms with Gasteiger partial charge in [0.15, 0.2) is 5.75 Å². The van der Waals surface area contributed by atoms with E-state index < -0.39 is 11.4 Å². The second kappa shape index (κ2) is 6.31. The number of hydrogen-bond donors (Lipinski definition) is 0. The van der Waals surface area contributed by atoms with Gasteiger partial charge in [-0.1, -0.05) is 0 Å². The van der Waals surface area contributed by atoms with Crippen molar-refractivity contribution in [3.8, 4) is 5.75 Å². The largest absolute Gasteiger partial charge is 0.459 e. The van der Waals surface area contributed by atoms with Crippen LogP contribution in [0.15, 0.2) is 12.3 Å². The van der Waals surface area contributed by atoms with E-state index >= 15 is 0 Å². The zero-order chi connectivity index (χ0) is 14.6. The third-order valence-electron chi connectivity index (χ3n) is 2.13. The number of carbonyl (C=O) groups is 2. The van der Waals surface area contributed by atoms with Crippen molar-refractivity contribution in [2.24, 2.45) is 5.41 Å². The van der Waals surface area contributed by atoms with Crippen LogP contribution in [-0.2, 0) is 20.9 Å². The number of ether oxygens (including phenoxy) is 2. The van der Waals surface area contributed by atoms with Gasteiger partial charge in [0.05, 0.1) is 8.99 Å². The topological polar surface area (TPSA) is 65.5 Å². The van der Waals surface area contributed by atoms with E-state index in [0.29, 0.717) is 11.4 Å². The Morgan fingerprint density at radius 3 is 2.53 bits per heavy atom. The van der Waals surface area contributed by atoms with Crippen LogP contribution in [0.4, 0.5) is 0 Å². The molecule has 0 aliphatic heterocycles. The molecule has 0 radical (unpaired) electrons. The summed E-state index contributed by atoms with van der Waals surface area (Å²) < 4.78 is 11.0. The Morgan fingerprint density at radius 1 is 1.37 bits per heavy atom. The lowest BCUT2D eigenvalue weighted by molar-refractivity contribution is -0.154. The van der Waals surface area contributed by atoms with Gasteiger partial charge in [-0.15, -0.1) is 0 Å². The van der Waals surface area contributed by atoms with E-state index in [2.05, 4.69) is 4.98 Å². The highest BCUT2D eigenvalue weighted by atomic mass is 127. The molecule has 1 rings (SSSR count). The fraction of sp³-hybridized carbons (Fsp3) is 0.462. The molecule has 0 aromatic carbocycles. The summed E-state index contributed by atoms with van der Waals surface area (Å²) in [7, 11) is 0. The molecule has 0 unspecified atom stereocenters. The van der Waals surface area contributed by atoms with Gasteiger partial charge in [-0.25, -0.2) is 0 Å². The summed E-state index contributed by atoms with van der Waals surface area (Å²) in [4.78, 5) is 26.8. The molecule has 0 saturated heterocycles. The SMILES string of the molecule is CC(=O)Oc1c(I)ccnc1COC(=O)C(C)(C)C. The summed E-state index contributed by atoms with van der Waals surface area (Å²) in [5, 5.41) is 0. The van der Waals surface area contributed by atoms with Crippen molar-refractivity contribution in [3.05, 3.63) is 21.5 Å². The van der Waals surface area contributed by atoms with Crippen LogP contribution in [0.5, 0.6) is 5.75 Å². The highest BCUT2D eigenvalue weighted by Crippen LogP contribution is 2.25. The Morgan fingerprint density at radius 2 is 2.00 bits per heavy atom. The highest BCUT2D eigenvalue weighted by Gasteiger charge is 2.24. The number of aromatic nitrogens is 1. The van der Waals surface area contributed by atoms with Crippen molar-refractivity contribution in [3.63, 3.8) is 0 Å². The standard InChI is InChI=1S/C13H16INO4/c1-8(16)19-11-9(14)5-6-15-10(11)7-18-12(17)13(2,3)4/h5-6H,7H2,1-4H3. The maximum atomic E-state index is 11.7. The molecule has 6 heteroatoms. The number of halogens is 1. The summed E-state index contributed by atoms with van der Waals surface area (Å²) in [6.45, 7) is 6.60. The summed E-state index contributed by atoms with van der Waals surface area (Å²) in [6, 6.07) is 1.72. The van der Waals surface area contributed by atoms with E-state index in [1.54, 1.807) is 33.0 Å². The first kappa shape index (κ1) is 15.9. The predicted molar refractivity (Wildman–Crippen MR) is 77.5 cm³/mol. The maximum Gasteiger partial charge on any atom is 0.311 e. The maximum absolute atomic E-state index is 11.7. The molecule has 1 heterocycles. The number of esters is 2. The van der Waals surface area contributed by atoms with Gasteiger partial charge in [0.2, 0.25) is 0 Å². The third kappa shape index (κ3) is 4.77. The lowest BCUT2D eigenvalue weighted by atomic mass is 9.97. The minimum Gasteiger partial charge on any atom is -0.459 e. The molecule has 1 aromatic heterocycles. The zero-order valence-corrected chi connectivity index (χ0v) is 13.5. The first-order chi connectivity index (χ1) is 8.71. The first-order valence-corrected chi connectivity index (χ1v) is 6.78. The lowest BCUT2D eigenvalue weighted by Gasteiger charge is -2.17. The average molecular weight is 377 g/mol. The Labute approximate surface area is 125 Å². The Hall–Kier alpha value is -1.18.